The lowest BCUT2D eigenvalue weighted by Gasteiger charge is -2.18. The molecule has 0 amide bonds. The third-order valence-corrected chi connectivity index (χ3v) is 4.69. The molecule has 0 heterocycles. The van der Waals surface area contributed by atoms with Crippen LogP contribution in [0.2, 0.25) is 0 Å². The second-order valence-electron chi connectivity index (χ2n) is 7.26. The van der Waals surface area contributed by atoms with E-state index in [1.807, 2.05) is 6.07 Å². The van der Waals surface area contributed by atoms with Crippen molar-refractivity contribution in [3.63, 3.8) is 0 Å². The van der Waals surface area contributed by atoms with Crippen LogP contribution in [0.15, 0.2) is 18.2 Å². The first kappa shape index (κ1) is 23.3. The molecule has 0 saturated carbocycles. The summed E-state index contributed by atoms with van der Waals surface area (Å²) in [4.78, 5) is 11.4. The van der Waals surface area contributed by atoms with Crippen LogP contribution in [-0.4, -0.2) is 35.5 Å². The standard InChI is InChI=1S/C22H36O5/c1-4-5-7-10-19(24)11-8-6-9-12-21(27-17(2)23)14-18-13-20(25)16-22(15-18)26-3/h13,15-16,19,21,24-25H,4-12,14H2,1-3H3. The number of hydrogen-bond acceptors (Lipinski definition) is 5. The molecule has 0 spiro atoms. The van der Waals surface area contributed by atoms with Gasteiger partial charge in [0.25, 0.3) is 0 Å². The third kappa shape index (κ3) is 10.9. The smallest absolute Gasteiger partial charge is 0.302 e. The van der Waals surface area contributed by atoms with Crippen LogP contribution in [0.3, 0.4) is 0 Å². The highest BCUT2D eigenvalue weighted by Crippen LogP contribution is 2.24. The van der Waals surface area contributed by atoms with E-state index in [0.717, 1.165) is 50.5 Å². The first-order chi connectivity index (χ1) is 12.9. The Morgan fingerprint density at radius 1 is 1.04 bits per heavy atom. The molecular weight excluding hydrogens is 344 g/mol. The molecule has 2 atom stereocenters. The molecule has 0 aliphatic heterocycles. The largest absolute Gasteiger partial charge is 0.508 e. The summed E-state index contributed by atoms with van der Waals surface area (Å²) in [5.74, 6) is 0.435. The third-order valence-electron chi connectivity index (χ3n) is 4.69. The molecule has 2 unspecified atom stereocenters. The number of hydrogen-bond donors (Lipinski definition) is 2. The van der Waals surface area contributed by atoms with E-state index in [0.29, 0.717) is 12.2 Å². The maximum atomic E-state index is 11.4. The van der Waals surface area contributed by atoms with Crippen molar-refractivity contribution in [2.24, 2.45) is 0 Å². The van der Waals surface area contributed by atoms with Gasteiger partial charge < -0.3 is 19.7 Å². The molecule has 0 saturated heterocycles. The minimum absolute atomic E-state index is 0.142. The summed E-state index contributed by atoms with van der Waals surface area (Å²) >= 11 is 0. The van der Waals surface area contributed by atoms with Crippen LogP contribution in [0.25, 0.3) is 0 Å². The summed E-state index contributed by atoms with van der Waals surface area (Å²) in [6.07, 6.45) is 9.02. The molecule has 0 fully saturated rings. The number of ether oxygens (including phenoxy) is 2. The number of aliphatic hydroxyl groups excluding tert-OH is 1. The van der Waals surface area contributed by atoms with Crippen molar-refractivity contribution in [1.29, 1.82) is 0 Å². The average Bonchev–Trinajstić information content (AvgIpc) is 2.60. The number of aliphatic hydroxyl groups is 1. The summed E-state index contributed by atoms with van der Waals surface area (Å²) in [7, 11) is 1.55. The van der Waals surface area contributed by atoms with Gasteiger partial charge in [-0.05, 0) is 43.4 Å². The van der Waals surface area contributed by atoms with E-state index >= 15 is 0 Å². The normalized spacial score (nSPS) is 13.2. The first-order valence-electron chi connectivity index (χ1n) is 10.2. The molecule has 5 heteroatoms. The van der Waals surface area contributed by atoms with Gasteiger partial charge in [0.2, 0.25) is 0 Å². The highest BCUT2D eigenvalue weighted by molar-refractivity contribution is 5.66. The van der Waals surface area contributed by atoms with E-state index in [9.17, 15) is 15.0 Å². The van der Waals surface area contributed by atoms with Gasteiger partial charge in [0.1, 0.15) is 17.6 Å². The number of esters is 1. The van der Waals surface area contributed by atoms with Crippen LogP contribution in [-0.2, 0) is 16.0 Å². The van der Waals surface area contributed by atoms with Gasteiger partial charge in [-0.25, -0.2) is 0 Å². The highest BCUT2D eigenvalue weighted by Gasteiger charge is 2.14. The van der Waals surface area contributed by atoms with E-state index in [1.54, 1.807) is 19.2 Å². The Bertz CT molecular complexity index is 544. The van der Waals surface area contributed by atoms with Gasteiger partial charge in [-0.2, -0.15) is 0 Å². The number of phenols is 1. The summed E-state index contributed by atoms with van der Waals surface area (Å²) in [5, 5.41) is 19.8. The van der Waals surface area contributed by atoms with Crippen LogP contribution in [0.5, 0.6) is 11.5 Å². The first-order valence-corrected chi connectivity index (χ1v) is 10.2. The fourth-order valence-electron chi connectivity index (χ4n) is 3.28. The van der Waals surface area contributed by atoms with E-state index in [1.165, 1.54) is 19.8 Å². The van der Waals surface area contributed by atoms with Crippen molar-refractivity contribution in [2.45, 2.75) is 90.3 Å². The Labute approximate surface area is 163 Å². The summed E-state index contributed by atoms with van der Waals surface area (Å²) in [6, 6.07) is 5.07. The lowest BCUT2D eigenvalue weighted by atomic mass is 10.00. The van der Waals surface area contributed by atoms with Gasteiger partial charge >= 0.3 is 5.97 Å². The van der Waals surface area contributed by atoms with Crippen molar-refractivity contribution < 1.29 is 24.5 Å². The number of unbranched alkanes of at least 4 members (excludes halogenated alkanes) is 4. The lowest BCUT2D eigenvalue weighted by Crippen LogP contribution is -2.19. The van der Waals surface area contributed by atoms with Crippen LogP contribution < -0.4 is 4.74 Å². The Morgan fingerprint density at radius 3 is 2.33 bits per heavy atom. The number of benzene rings is 1. The van der Waals surface area contributed by atoms with Crippen molar-refractivity contribution >= 4 is 5.97 Å². The second-order valence-corrected chi connectivity index (χ2v) is 7.26. The Hall–Kier alpha value is -1.75. The van der Waals surface area contributed by atoms with Crippen molar-refractivity contribution in [3.05, 3.63) is 23.8 Å². The molecule has 0 aliphatic carbocycles. The van der Waals surface area contributed by atoms with Crippen LogP contribution >= 0.6 is 0 Å². The molecule has 2 N–H and O–H groups in total. The summed E-state index contributed by atoms with van der Waals surface area (Å²) < 4.78 is 10.6. The molecule has 1 aromatic rings. The topological polar surface area (TPSA) is 76.0 Å². The Balaban J connectivity index is 2.40. The van der Waals surface area contributed by atoms with Crippen molar-refractivity contribution in [3.8, 4) is 11.5 Å². The van der Waals surface area contributed by atoms with Gasteiger partial charge in [0.05, 0.1) is 13.2 Å². The molecule has 1 rings (SSSR count). The predicted molar refractivity (Wildman–Crippen MR) is 107 cm³/mol. The molecule has 1 aromatic carbocycles. The number of phenolic OH excluding ortho intramolecular Hbond substituents is 1. The van der Waals surface area contributed by atoms with Gasteiger partial charge in [0, 0.05) is 19.4 Å². The molecule has 5 nitrogen and oxygen atoms in total. The van der Waals surface area contributed by atoms with Crippen LogP contribution in [0.1, 0.15) is 77.2 Å². The number of carbonyl (C=O) groups excluding carboxylic acids is 1. The zero-order valence-corrected chi connectivity index (χ0v) is 17.1. The van der Waals surface area contributed by atoms with E-state index < -0.39 is 0 Å². The van der Waals surface area contributed by atoms with Gasteiger partial charge in [-0.1, -0.05) is 39.0 Å². The molecule has 0 aromatic heterocycles. The monoisotopic (exact) mass is 380 g/mol. The van der Waals surface area contributed by atoms with Gasteiger partial charge in [-0.15, -0.1) is 0 Å². The number of methoxy groups -OCH3 is 1. The SMILES string of the molecule is CCCCCC(O)CCCCCC(Cc1cc(O)cc(OC)c1)OC(C)=O. The molecule has 0 radical (unpaired) electrons. The second kappa shape index (κ2) is 13.4. The van der Waals surface area contributed by atoms with Crippen LogP contribution in [0, 0.1) is 0 Å². The number of carbonyl (C=O) groups is 1. The zero-order chi connectivity index (χ0) is 20.1. The Morgan fingerprint density at radius 2 is 1.70 bits per heavy atom. The van der Waals surface area contributed by atoms with E-state index in [2.05, 4.69) is 6.92 Å². The van der Waals surface area contributed by atoms with Crippen molar-refractivity contribution in [1.82, 2.24) is 0 Å². The van der Waals surface area contributed by atoms with Gasteiger partial charge in [-0.3, -0.25) is 4.79 Å². The molecule has 0 aliphatic rings. The fourth-order valence-corrected chi connectivity index (χ4v) is 3.28. The van der Waals surface area contributed by atoms with Crippen molar-refractivity contribution in [2.75, 3.05) is 7.11 Å². The predicted octanol–water partition coefficient (Wildman–Crippen LogP) is 4.77. The molecule has 154 valence electrons. The maximum Gasteiger partial charge on any atom is 0.302 e. The number of rotatable bonds is 14. The quantitative estimate of drug-likeness (QED) is 0.359. The van der Waals surface area contributed by atoms with Crippen LogP contribution in [0.4, 0.5) is 0 Å². The minimum Gasteiger partial charge on any atom is -0.508 e. The minimum atomic E-state index is -0.293. The Kier molecular flexibility index (Phi) is 11.6. The lowest BCUT2D eigenvalue weighted by molar-refractivity contribution is -0.146. The fraction of sp³-hybridized carbons (Fsp3) is 0.682. The van der Waals surface area contributed by atoms with Gasteiger partial charge in [0.15, 0.2) is 0 Å². The van der Waals surface area contributed by atoms with E-state index in [-0.39, 0.29) is 23.9 Å². The summed E-state index contributed by atoms with van der Waals surface area (Å²) in [5.41, 5.74) is 0.879. The highest BCUT2D eigenvalue weighted by atomic mass is 16.5. The average molecular weight is 381 g/mol. The maximum absolute atomic E-state index is 11.4. The molecular formula is C22H36O5. The zero-order valence-electron chi connectivity index (χ0n) is 17.1. The molecule has 0 bridgehead atoms. The summed E-state index contributed by atoms with van der Waals surface area (Å²) in [6.45, 7) is 3.58. The van der Waals surface area contributed by atoms with E-state index in [4.69, 9.17) is 9.47 Å². The molecule has 27 heavy (non-hydrogen) atoms. The number of aromatic hydroxyl groups is 1.